The second kappa shape index (κ2) is 9.33. The van der Waals surface area contributed by atoms with Crippen molar-refractivity contribution in [3.63, 3.8) is 0 Å². The standard InChI is InChI=1S/C16H13Br2N3O6/c1-26-12-6-9(14(17)15(18)16(12)23)7-19-20-13(22)8-27-11-5-3-2-4-10(11)21(24)25/h2-7,23H,8H2,1H3,(H,20,22)/b19-7-. The first-order valence-electron chi connectivity index (χ1n) is 7.28. The van der Waals surface area contributed by atoms with Gasteiger partial charge in [0.25, 0.3) is 5.91 Å². The lowest BCUT2D eigenvalue weighted by molar-refractivity contribution is -0.385. The van der Waals surface area contributed by atoms with Gasteiger partial charge in [0.1, 0.15) is 0 Å². The Hall–Kier alpha value is -2.66. The first kappa shape index (κ1) is 20.6. The summed E-state index contributed by atoms with van der Waals surface area (Å²) in [5.41, 5.74) is 2.53. The molecule has 0 saturated carbocycles. The van der Waals surface area contributed by atoms with Crippen LogP contribution in [0.25, 0.3) is 0 Å². The molecule has 2 aromatic rings. The smallest absolute Gasteiger partial charge is 0.310 e. The van der Waals surface area contributed by atoms with Gasteiger partial charge in [0.05, 0.1) is 22.7 Å². The molecule has 0 heterocycles. The molecular formula is C16H13Br2N3O6. The molecule has 0 aromatic heterocycles. The largest absolute Gasteiger partial charge is 0.503 e. The van der Waals surface area contributed by atoms with Crippen molar-refractivity contribution in [2.24, 2.45) is 5.10 Å². The highest BCUT2D eigenvalue weighted by molar-refractivity contribution is 9.13. The van der Waals surface area contributed by atoms with E-state index in [2.05, 4.69) is 42.4 Å². The molecule has 11 heteroatoms. The Kier molecular flexibility index (Phi) is 7.13. The Labute approximate surface area is 170 Å². The third kappa shape index (κ3) is 5.17. The maximum atomic E-state index is 11.8. The Morgan fingerprint density at radius 2 is 2.04 bits per heavy atom. The molecule has 2 rings (SSSR count). The first-order valence-corrected chi connectivity index (χ1v) is 8.86. The van der Waals surface area contributed by atoms with E-state index in [1.165, 1.54) is 37.6 Å². The number of rotatable bonds is 7. The minimum absolute atomic E-state index is 0.0171. The Morgan fingerprint density at radius 3 is 2.70 bits per heavy atom. The summed E-state index contributed by atoms with van der Waals surface area (Å²) < 4.78 is 11.1. The number of para-hydroxylation sites is 2. The molecule has 0 atom stereocenters. The zero-order valence-corrected chi connectivity index (χ0v) is 17.0. The van der Waals surface area contributed by atoms with Crippen LogP contribution in [0.5, 0.6) is 17.2 Å². The van der Waals surface area contributed by atoms with Crippen LogP contribution in [0.2, 0.25) is 0 Å². The average molecular weight is 503 g/mol. The molecule has 0 fully saturated rings. The number of carbonyl (C=O) groups excluding carboxylic acids is 1. The molecule has 0 unspecified atom stereocenters. The number of benzene rings is 2. The van der Waals surface area contributed by atoms with Crippen molar-refractivity contribution in [2.75, 3.05) is 13.7 Å². The number of carbonyl (C=O) groups is 1. The fraction of sp³-hybridized carbons (Fsp3) is 0.125. The number of nitrogens with one attached hydrogen (secondary N) is 1. The molecule has 142 valence electrons. The van der Waals surface area contributed by atoms with Crippen molar-refractivity contribution >= 4 is 49.7 Å². The third-order valence-electron chi connectivity index (χ3n) is 3.21. The van der Waals surface area contributed by atoms with Crippen LogP contribution in [0.4, 0.5) is 5.69 Å². The Balaban J connectivity index is 2.00. The average Bonchev–Trinajstić information content (AvgIpc) is 2.66. The van der Waals surface area contributed by atoms with E-state index < -0.39 is 17.4 Å². The minimum atomic E-state index is -0.606. The summed E-state index contributed by atoms with van der Waals surface area (Å²) in [4.78, 5) is 22.1. The quantitative estimate of drug-likeness (QED) is 0.340. The first-order chi connectivity index (χ1) is 12.8. The van der Waals surface area contributed by atoms with Crippen molar-refractivity contribution in [1.82, 2.24) is 5.43 Å². The maximum Gasteiger partial charge on any atom is 0.310 e. The molecular weight excluding hydrogens is 490 g/mol. The van der Waals surface area contributed by atoms with Crippen LogP contribution in [-0.2, 0) is 4.79 Å². The third-order valence-corrected chi connectivity index (χ3v) is 5.37. The molecule has 0 aliphatic heterocycles. The number of ether oxygens (including phenoxy) is 2. The number of methoxy groups -OCH3 is 1. The normalized spacial score (nSPS) is 10.6. The van der Waals surface area contributed by atoms with E-state index in [4.69, 9.17) is 9.47 Å². The molecule has 2 aromatic carbocycles. The van der Waals surface area contributed by atoms with Crippen LogP contribution in [0, 0.1) is 10.1 Å². The summed E-state index contributed by atoms with van der Waals surface area (Å²) in [5, 5.41) is 24.6. The summed E-state index contributed by atoms with van der Waals surface area (Å²) in [7, 11) is 1.40. The number of amides is 1. The monoisotopic (exact) mass is 501 g/mol. The van der Waals surface area contributed by atoms with E-state index >= 15 is 0 Å². The van der Waals surface area contributed by atoms with Gasteiger partial charge in [-0.3, -0.25) is 14.9 Å². The molecule has 1 amide bonds. The van der Waals surface area contributed by atoms with Crippen LogP contribution in [0.1, 0.15) is 5.56 Å². The van der Waals surface area contributed by atoms with Crippen molar-refractivity contribution in [3.8, 4) is 17.2 Å². The van der Waals surface area contributed by atoms with E-state index in [1.54, 1.807) is 6.07 Å². The topological polar surface area (TPSA) is 123 Å². The molecule has 0 saturated heterocycles. The molecule has 2 N–H and O–H groups in total. The van der Waals surface area contributed by atoms with Crippen LogP contribution >= 0.6 is 31.9 Å². The van der Waals surface area contributed by atoms with E-state index in [1.807, 2.05) is 0 Å². The van der Waals surface area contributed by atoms with Gasteiger partial charge >= 0.3 is 5.69 Å². The number of nitro groups is 1. The van der Waals surface area contributed by atoms with Gasteiger partial charge in [0.2, 0.25) is 0 Å². The molecule has 0 aliphatic rings. The number of hydrogen-bond donors (Lipinski definition) is 2. The molecule has 0 aliphatic carbocycles. The molecule has 9 nitrogen and oxygen atoms in total. The molecule has 0 spiro atoms. The van der Waals surface area contributed by atoms with Crippen LogP contribution < -0.4 is 14.9 Å². The van der Waals surface area contributed by atoms with Gasteiger partial charge in [-0.1, -0.05) is 12.1 Å². The summed E-state index contributed by atoms with van der Waals surface area (Å²) in [6.45, 7) is -0.452. The van der Waals surface area contributed by atoms with Crippen LogP contribution in [-0.4, -0.2) is 35.9 Å². The number of hydrazone groups is 1. The van der Waals surface area contributed by atoms with Crippen molar-refractivity contribution in [3.05, 3.63) is 55.0 Å². The number of hydrogen-bond acceptors (Lipinski definition) is 7. The molecule has 27 heavy (non-hydrogen) atoms. The zero-order chi connectivity index (χ0) is 20.0. The van der Waals surface area contributed by atoms with Gasteiger partial charge in [-0.25, -0.2) is 5.43 Å². The highest BCUT2D eigenvalue weighted by Gasteiger charge is 2.15. The van der Waals surface area contributed by atoms with Crippen molar-refractivity contribution < 1.29 is 24.3 Å². The Morgan fingerprint density at radius 1 is 1.33 bits per heavy atom. The zero-order valence-electron chi connectivity index (χ0n) is 13.8. The SMILES string of the molecule is COc1cc(/C=N\NC(=O)COc2ccccc2[N+](=O)[O-])c(Br)c(Br)c1O. The number of aromatic hydroxyl groups is 1. The van der Waals surface area contributed by atoms with Crippen LogP contribution in [0.15, 0.2) is 44.4 Å². The second-order valence-corrected chi connectivity index (χ2v) is 6.54. The van der Waals surface area contributed by atoms with E-state index in [9.17, 15) is 20.0 Å². The lowest BCUT2D eigenvalue weighted by atomic mass is 10.2. The van der Waals surface area contributed by atoms with Gasteiger partial charge in [-0.15, -0.1) is 0 Å². The fourth-order valence-corrected chi connectivity index (χ4v) is 2.77. The number of nitro benzene ring substituents is 1. The highest BCUT2D eigenvalue weighted by atomic mass is 79.9. The summed E-state index contributed by atoms with van der Waals surface area (Å²) >= 11 is 6.50. The fourth-order valence-electron chi connectivity index (χ4n) is 1.94. The summed E-state index contributed by atoms with van der Waals surface area (Å²) in [6, 6.07) is 7.25. The van der Waals surface area contributed by atoms with Crippen molar-refractivity contribution in [2.45, 2.75) is 0 Å². The predicted molar refractivity (Wildman–Crippen MR) is 104 cm³/mol. The predicted octanol–water partition coefficient (Wildman–Crippen LogP) is 3.36. The van der Waals surface area contributed by atoms with Crippen molar-refractivity contribution in [1.29, 1.82) is 0 Å². The van der Waals surface area contributed by atoms with Gasteiger partial charge in [0.15, 0.2) is 23.9 Å². The second-order valence-electron chi connectivity index (χ2n) is 4.95. The minimum Gasteiger partial charge on any atom is -0.503 e. The lowest BCUT2D eigenvalue weighted by Crippen LogP contribution is -2.24. The van der Waals surface area contributed by atoms with Gasteiger partial charge < -0.3 is 14.6 Å². The number of nitrogens with zero attached hydrogens (tertiary/aromatic N) is 2. The lowest BCUT2D eigenvalue weighted by Gasteiger charge is -2.09. The highest BCUT2D eigenvalue weighted by Crippen LogP contribution is 2.41. The van der Waals surface area contributed by atoms with Gasteiger partial charge in [0, 0.05) is 16.1 Å². The van der Waals surface area contributed by atoms with E-state index in [-0.39, 0.29) is 22.9 Å². The van der Waals surface area contributed by atoms with Crippen LogP contribution in [0.3, 0.4) is 0 Å². The summed E-state index contributed by atoms with van der Waals surface area (Å²) in [5.74, 6) is -0.483. The van der Waals surface area contributed by atoms with Gasteiger partial charge in [-0.2, -0.15) is 5.10 Å². The van der Waals surface area contributed by atoms with Gasteiger partial charge in [-0.05, 0) is 44.0 Å². The maximum absolute atomic E-state index is 11.8. The molecule has 0 radical (unpaired) electrons. The Bertz CT molecular complexity index is 904. The summed E-state index contributed by atoms with van der Waals surface area (Å²) in [6.07, 6.45) is 1.33. The van der Waals surface area contributed by atoms with E-state index in [0.29, 0.717) is 14.5 Å². The van der Waals surface area contributed by atoms with E-state index in [0.717, 1.165) is 0 Å². The number of phenols is 1. The molecule has 0 bridgehead atoms. The number of halogens is 2. The number of phenolic OH excluding ortho intramolecular Hbond substituents is 1.